The van der Waals surface area contributed by atoms with E-state index in [1.165, 1.54) is 4.68 Å². The molecular weight excluding hydrogens is 461 g/mol. The molecule has 0 N–H and O–H groups in total. The Labute approximate surface area is 207 Å². The van der Waals surface area contributed by atoms with Crippen LogP contribution in [0.15, 0.2) is 49.1 Å². The fraction of sp³-hybridized carbons (Fsp3) is 0.320. The van der Waals surface area contributed by atoms with Crippen molar-refractivity contribution in [2.24, 2.45) is 7.05 Å². The summed E-state index contributed by atoms with van der Waals surface area (Å²) in [7, 11) is 1.72. The summed E-state index contributed by atoms with van der Waals surface area (Å²) in [6.45, 7) is 4.13. The van der Waals surface area contributed by atoms with Gasteiger partial charge in [0.1, 0.15) is 17.7 Å². The van der Waals surface area contributed by atoms with Crippen LogP contribution in [-0.2, 0) is 11.8 Å². The zero-order valence-electron chi connectivity index (χ0n) is 20.2. The molecule has 0 spiro atoms. The Morgan fingerprint density at radius 3 is 2.78 bits per heavy atom. The van der Waals surface area contributed by atoms with E-state index in [1.54, 1.807) is 63.0 Å². The van der Waals surface area contributed by atoms with E-state index in [9.17, 15) is 4.79 Å². The van der Waals surface area contributed by atoms with Gasteiger partial charge >= 0.3 is 0 Å². The highest BCUT2D eigenvalue weighted by Gasteiger charge is 2.28. The summed E-state index contributed by atoms with van der Waals surface area (Å²) in [6, 6.07) is 6.75. The third-order valence-electron chi connectivity index (χ3n) is 6.30. The molecule has 36 heavy (non-hydrogen) atoms. The molecule has 0 radical (unpaired) electrons. The van der Waals surface area contributed by atoms with Gasteiger partial charge in [-0.05, 0) is 37.6 Å². The highest BCUT2D eigenvalue weighted by molar-refractivity contribution is 5.74. The third kappa shape index (κ3) is 4.77. The molecule has 1 fully saturated rings. The molecule has 0 saturated carbocycles. The number of hydrogen-bond acceptors (Lipinski definition) is 6. The topological polar surface area (TPSA) is 117 Å². The number of carbonyl (C=O) groups excluding carboxylic acids is 1. The van der Waals surface area contributed by atoms with E-state index in [2.05, 4.69) is 30.6 Å². The standard InChI is InChI=1S/C25H25FN9O/c1-15-7-8-17(13-35(15)16(2)36)25-30-20(21-12-27-9-10-28-21)11-23(31-25)29-19-6-4-5-18(24(19)26)22-14-34(3)33-32-22/h4-6,9-12,14-15,17H,7-8,13H2,1-3H3/q-1/t15-,17+/m0/s1. The van der Waals surface area contributed by atoms with Gasteiger partial charge in [0, 0.05) is 43.6 Å². The number of likely N-dealkylation sites (tertiary alicyclic amines) is 1. The van der Waals surface area contributed by atoms with Crippen molar-refractivity contribution in [2.45, 2.75) is 38.6 Å². The van der Waals surface area contributed by atoms with Gasteiger partial charge in [-0.25, -0.2) is 4.39 Å². The van der Waals surface area contributed by atoms with Crippen LogP contribution in [0, 0.1) is 5.82 Å². The van der Waals surface area contributed by atoms with Crippen molar-refractivity contribution in [3.05, 3.63) is 66.0 Å². The molecule has 4 heterocycles. The first kappa shape index (κ1) is 23.5. The minimum absolute atomic E-state index is 0.0186. The monoisotopic (exact) mass is 486 g/mol. The fourth-order valence-electron chi connectivity index (χ4n) is 4.41. The second-order valence-electron chi connectivity index (χ2n) is 8.88. The van der Waals surface area contributed by atoms with Crippen LogP contribution < -0.4 is 9.90 Å². The molecule has 1 aliphatic rings. The Kier molecular flexibility index (Phi) is 6.36. The molecule has 184 valence electrons. The maximum Gasteiger partial charge on any atom is 0.219 e. The highest BCUT2D eigenvalue weighted by atomic mass is 19.1. The Bertz CT molecular complexity index is 1390. The minimum Gasteiger partial charge on any atom is -0.434 e. The highest BCUT2D eigenvalue weighted by Crippen LogP contribution is 2.37. The van der Waals surface area contributed by atoms with Gasteiger partial charge in [0.05, 0.1) is 24.5 Å². The summed E-state index contributed by atoms with van der Waals surface area (Å²) in [5.74, 6) is 0.259. The quantitative estimate of drug-likeness (QED) is 0.397. The molecule has 0 aliphatic carbocycles. The smallest absolute Gasteiger partial charge is 0.219 e. The molecule has 4 aromatic rings. The number of piperidine rings is 1. The molecule has 5 rings (SSSR count). The van der Waals surface area contributed by atoms with Crippen molar-refractivity contribution < 1.29 is 13.9 Å². The molecule has 0 bridgehead atoms. The largest absolute Gasteiger partial charge is 0.434 e. The third-order valence-corrected chi connectivity index (χ3v) is 6.30. The van der Waals surface area contributed by atoms with Crippen LogP contribution in [0.3, 0.4) is 0 Å². The Balaban J connectivity index is 1.53. The maximum absolute atomic E-state index is 15.4. The van der Waals surface area contributed by atoms with Crippen molar-refractivity contribution >= 4 is 17.4 Å². The van der Waals surface area contributed by atoms with Gasteiger partial charge in [0.15, 0.2) is 0 Å². The van der Waals surface area contributed by atoms with Gasteiger partial charge in [0.25, 0.3) is 0 Å². The molecule has 1 amide bonds. The zero-order valence-corrected chi connectivity index (χ0v) is 20.2. The molecule has 1 aromatic carbocycles. The second kappa shape index (κ2) is 9.76. The Morgan fingerprint density at radius 2 is 2.06 bits per heavy atom. The molecule has 0 unspecified atom stereocenters. The number of carbonyl (C=O) groups is 1. The predicted molar refractivity (Wildman–Crippen MR) is 129 cm³/mol. The molecule has 11 heteroatoms. The SMILES string of the molecule is CC(=O)N1C[C@H](c2nc([N-]c3cccc(-c4c[n+](C)[n-]n4)c3F)cc(-c3cnccn3)n2)CC[C@@H]1C. The summed E-state index contributed by atoms with van der Waals surface area (Å²) in [5.41, 5.74) is 1.92. The van der Waals surface area contributed by atoms with Crippen LogP contribution >= 0.6 is 0 Å². The Hall–Kier alpha value is -4.28. The lowest BCUT2D eigenvalue weighted by molar-refractivity contribution is -0.735. The van der Waals surface area contributed by atoms with Crippen LogP contribution in [0.1, 0.15) is 38.4 Å². The van der Waals surface area contributed by atoms with Crippen molar-refractivity contribution in [3.8, 4) is 22.6 Å². The number of hydrogen-bond donors (Lipinski definition) is 0. The predicted octanol–water partition coefficient (Wildman–Crippen LogP) is 3.37. The van der Waals surface area contributed by atoms with Crippen LogP contribution in [0.25, 0.3) is 28.0 Å². The summed E-state index contributed by atoms with van der Waals surface area (Å²) >= 11 is 0. The van der Waals surface area contributed by atoms with Crippen molar-refractivity contribution in [3.63, 3.8) is 0 Å². The first-order chi connectivity index (χ1) is 17.4. The zero-order chi connectivity index (χ0) is 25.2. The summed E-state index contributed by atoms with van der Waals surface area (Å²) in [5, 5.41) is 12.4. The van der Waals surface area contributed by atoms with E-state index >= 15 is 4.39 Å². The number of rotatable bonds is 5. The first-order valence-corrected chi connectivity index (χ1v) is 11.7. The van der Waals surface area contributed by atoms with Gasteiger partial charge < -0.3 is 25.1 Å². The molecular formula is C25H25FN9O-. The first-order valence-electron chi connectivity index (χ1n) is 11.7. The van der Waals surface area contributed by atoms with Crippen molar-refractivity contribution in [1.82, 2.24) is 35.1 Å². The number of amides is 1. The average molecular weight is 487 g/mol. The number of aryl methyl sites for hydroxylation is 1. The molecule has 10 nitrogen and oxygen atoms in total. The van der Waals surface area contributed by atoms with Gasteiger partial charge in [-0.2, -0.15) is 0 Å². The van der Waals surface area contributed by atoms with E-state index in [-0.39, 0.29) is 23.6 Å². The Morgan fingerprint density at radius 1 is 1.19 bits per heavy atom. The summed E-state index contributed by atoms with van der Waals surface area (Å²) in [4.78, 5) is 31.9. The second-order valence-corrected chi connectivity index (χ2v) is 8.88. The lowest BCUT2D eigenvalue weighted by Gasteiger charge is -2.38. The van der Waals surface area contributed by atoms with Gasteiger partial charge in [0.2, 0.25) is 11.6 Å². The van der Waals surface area contributed by atoms with Gasteiger partial charge in [-0.3, -0.25) is 19.7 Å². The number of benzene rings is 1. The molecule has 1 aliphatic heterocycles. The minimum atomic E-state index is -0.520. The molecule has 2 atom stereocenters. The van der Waals surface area contributed by atoms with Crippen molar-refractivity contribution in [1.29, 1.82) is 0 Å². The number of nitrogens with zero attached hydrogens (tertiary/aromatic N) is 9. The molecule has 1 saturated heterocycles. The van der Waals surface area contributed by atoms with Crippen LogP contribution in [0.4, 0.5) is 15.9 Å². The van der Waals surface area contributed by atoms with E-state index in [0.29, 0.717) is 40.8 Å². The normalized spacial score (nSPS) is 17.7. The van der Waals surface area contributed by atoms with E-state index < -0.39 is 5.82 Å². The number of aromatic nitrogens is 7. The summed E-state index contributed by atoms with van der Waals surface area (Å²) < 4.78 is 16.9. The average Bonchev–Trinajstić information content (AvgIpc) is 3.31. The van der Waals surface area contributed by atoms with E-state index in [4.69, 9.17) is 4.98 Å². The molecule has 3 aromatic heterocycles. The van der Waals surface area contributed by atoms with Crippen molar-refractivity contribution in [2.75, 3.05) is 6.54 Å². The number of halogens is 1. The van der Waals surface area contributed by atoms with E-state index in [0.717, 1.165) is 12.8 Å². The lowest BCUT2D eigenvalue weighted by Crippen LogP contribution is -2.44. The van der Waals surface area contributed by atoms with Crippen LogP contribution in [0.5, 0.6) is 0 Å². The van der Waals surface area contributed by atoms with Crippen LogP contribution in [-0.4, -0.2) is 48.4 Å². The fourth-order valence-corrected chi connectivity index (χ4v) is 4.41. The lowest BCUT2D eigenvalue weighted by atomic mass is 9.92. The van der Waals surface area contributed by atoms with Gasteiger partial charge in [-0.1, -0.05) is 18.0 Å². The van der Waals surface area contributed by atoms with E-state index in [1.807, 2.05) is 11.8 Å². The van der Waals surface area contributed by atoms with Crippen LogP contribution in [0.2, 0.25) is 0 Å². The maximum atomic E-state index is 15.4. The summed E-state index contributed by atoms with van der Waals surface area (Å²) in [6.07, 6.45) is 8.07. The van der Waals surface area contributed by atoms with Gasteiger partial charge in [-0.15, -0.1) is 5.10 Å².